The summed E-state index contributed by atoms with van der Waals surface area (Å²) in [5.41, 5.74) is 0.116. The fraction of sp³-hybridized carbons (Fsp3) is 0.333. The number of quaternary nitrogens is 1. The van der Waals surface area contributed by atoms with Crippen molar-refractivity contribution in [3.05, 3.63) is 87.6 Å². The van der Waals surface area contributed by atoms with E-state index in [1.165, 1.54) is 29.5 Å². The zero-order valence-electron chi connectivity index (χ0n) is 20.2. The van der Waals surface area contributed by atoms with Gasteiger partial charge >= 0.3 is 6.09 Å². The minimum absolute atomic E-state index is 0. The molecule has 5 nitrogen and oxygen atoms in total. The Kier molecular flexibility index (Phi) is 8.78. The number of rotatable bonds is 7. The van der Waals surface area contributed by atoms with Crippen LogP contribution in [0, 0.1) is 29.2 Å². The number of piperidine rings is 3. The molecule has 38 heavy (non-hydrogen) atoms. The highest BCUT2D eigenvalue weighted by atomic mass is 127. The Labute approximate surface area is 238 Å². The van der Waals surface area contributed by atoms with Gasteiger partial charge in [-0.15, -0.1) is 11.3 Å². The third-order valence-corrected chi connectivity index (χ3v) is 8.20. The summed E-state index contributed by atoms with van der Waals surface area (Å²) in [5, 5.41) is 1.86. The van der Waals surface area contributed by atoms with Crippen LogP contribution in [0.5, 0.6) is 0 Å². The van der Waals surface area contributed by atoms with Crippen LogP contribution >= 0.6 is 11.3 Å². The summed E-state index contributed by atoms with van der Waals surface area (Å²) in [5.74, 6) is -4.81. The van der Waals surface area contributed by atoms with Gasteiger partial charge in [0.2, 0.25) is 5.78 Å². The number of benzene rings is 2. The Morgan fingerprint density at radius 2 is 1.71 bits per heavy atom. The first-order valence-corrected chi connectivity index (χ1v) is 12.9. The third kappa shape index (κ3) is 6.04. The lowest BCUT2D eigenvalue weighted by atomic mass is 9.83. The Hall–Kier alpha value is -2.51. The van der Waals surface area contributed by atoms with E-state index in [1.54, 1.807) is 6.07 Å². The van der Waals surface area contributed by atoms with Gasteiger partial charge in [0.25, 0.3) is 0 Å². The van der Waals surface area contributed by atoms with Crippen LogP contribution in [-0.4, -0.2) is 48.6 Å². The number of fused-ring (bicyclic) bond motifs is 3. The van der Waals surface area contributed by atoms with Gasteiger partial charge in [-0.25, -0.2) is 22.4 Å². The minimum Gasteiger partial charge on any atom is -1.00 e. The number of ketones is 1. The SMILES string of the molecule is O=C(C[N+]12CCC(CC1)C(OC(=O)N(Cc1cc(F)c(F)c(F)c1)c1cccc(F)c1)C2)c1cccs1.[I-]. The Balaban J connectivity index is 0.00000336. The maximum absolute atomic E-state index is 14.0. The molecule has 0 saturated carbocycles. The molecule has 1 unspecified atom stereocenters. The number of ether oxygens (including phenoxy) is 1. The van der Waals surface area contributed by atoms with Crippen molar-refractivity contribution < 1.29 is 60.3 Å². The minimum atomic E-state index is -1.61. The second-order valence-corrected chi connectivity index (χ2v) is 10.7. The van der Waals surface area contributed by atoms with Crippen LogP contribution < -0.4 is 28.9 Å². The van der Waals surface area contributed by atoms with E-state index in [0.29, 0.717) is 22.4 Å². The van der Waals surface area contributed by atoms with Crippen molar-refractivity contribution in [3.63, 3.8) is 0 Å². The van der Waals surface area contributed by atoms with Crippen LogP contribution in [0.2, 0.25) is 0 Å². The van der Waals surface area contributed by atoms with Crippen molar-refractivity contribution in [1.29, 1.82) is 0 Å². The fourth-order valence-electron chi connectivity index (χ4n) is 5.38. The zero-order valence-corrected chi connectivity index (χ0v) is 23.2. The fourth-order valence-corrected chi connectivity index (χ4v) is 6.03. The number of hydrogen-bond acceptors (Lipinski definition) is 4. The zero-order chi connectivity index (χ0) is 26.2. The second-order valence-electron chi connectivity index (χ2n) is 9.73. The summed E-state index contributed by atoms with van der Waals surface area (Å²) in [7, 11) is 0. The number of hydrogen-bond donors (Lipinski definition) is 0. The molecule has 3 fully saturated rings. The van der Waals surface area contributed by atoms with E-state index in [0.717, 1.165) is 49.0 Å². The van der Waals surface area contributed by atoms with E-state index in [9.17, 15) is 27.2 Å². The molecule has 3 aliphatic heterocycles. The first-order valence-electron chi connectivity index (χ1n) is 12.0. The summed E-state index contributed by atoms with van der Waals surface area (Å²) >= 11 is 1.40. The summed E-state index contributed by atoms with van der Waals surface area (Å²) in [6, 6.07) is 10.4. The van der Waals surface area contributed by atoms with Gasteiger partial charge in [0.05, 0.1) is 30.2 Å². The van der Waals surface area contributed by atoms with E-state index in [4.69, 9.17) is 4.74 Å². The highest BCUT2D eigenvalue weighted by Gasteiger charge is 2.49. The monoisotopic (exact) mass is 660 g/mol. The first kappa shape index (κ1) is 28.5. The number of nitrogens with zero attached hydrogens (tertiary/aromatic N) is 2. The van der Waals surface area contributed by atoms with Crippen LogP contribution in [0.25, 0.3) is 0 Å². The van der Waals surface area contributed by atoms with Crippen LogP contribution in [0.15, 0.2) is 53.9 Å². The highest BCUT2D eigenvalue weighted by Crippen LogP contribution is 2.36. The molecular weight excluding hydrogens is 635 g/mol. The number of halogens is 5. The average Bonchev–Trinajstić information content (AvgIpc) is 3.41. The summed E-state index contributed by atoms with van der Waals surface area (Å²) in [6.45, 7) is 2.08. The average molecular weight is 660 g/mol. The Bertz CT molecular complexity index is 1290. The quantitative estimate of drug-likeness (QED) is 0.129. The van der Waals surface area contributed by atoms with Gasteiger partial charge in [-0.1, -0.05) is 12.1 Å². The van der Waals surface area contributed by atoms with Crippen molar-refractivity contribution in [2.45, 2.75) is 25.5 Å². The number of amides is 1. The number of thiophene rings is 1. The van der Waals surface area contributed by atoms with E-state index in [1.807, 2.05) is 11.4 Å². The molecule has 6 rings (SSSR count). The number of carbonyl (C=O) groups is 2. The topological polar surface area (TPSA) is 46.6 Å². The third-order valence-electron chi connectivity index (χ3n) is 7.29. The molecule has 3 saturated heterocycles. The molecule has 0 radical (unpaired) electrons. The predicted molar refractivity (Wildman–Crippen MR) is 130 cm³/mol. The van der Waals surface area contributed by atoms with E-state index in [2.05, 4.69) is 0 Å². The molecule has 1 aromatic heterocycles. The van der Waals surface area contributed by atoms with Crippen LogP contribution in [0.4, 0.5) is 28.0 Å². The lowest BCUT2D eigenvalue weighted by Gasteiger charge is -2.51. The molecule has 2 bridgehead atoms. The van der Waals surface area contributed by atoms with E-state index < -0.39 is 35.5 Å². The van der Waals surface area contributed by atoms with Crippen molar-refractivity contribution in [1.82, 2.24) is 0 Å². The Morgan fingerprint density at radius 1 is 1.00 bits per heavy atom. The molecule has 3 aromatic rings. The number of anilines is 1. The van der Waals surface area contributed by atoms with Crippen LogP contribution in [-0.2, 0) is 11.3 Å². The van der Waals surface area contributed by atoms with Crippen LogP contribution in [0.3, 0.4) is 0 Å². The molecule has 2 aromatic carbocycles. The maximum atomic E-state index is 14.0. The van der Waals surface area contributed by atoms with Crippen molar-refractivity contribution in [3.8, 4) is 0 Å². The molecule has 0 spiro atoms. The van der Waals surface area contributed by atoms with E-state index in [-0.39, 0.29) is 53.5 Å². The van der Waals surface area contributed by atoms with Crippen LogP contribution in [0.1, 0.15) is 28.1 Å². The normalized spacial score (nSPS) is 22.0. The molecule has 0 N–H and O–H groups in total. The largest absolute Gasteiger partial charge is 1.00 e. The van der Waals surface area contributed by atoms with Gasteiger partial charge in [0.15, 0.2) is 23.6 Å². The molecule has 1 atom stereocenters. The molecule has 202 valence electrons. The van der Waals surface area contributed by atoms with Gasteiger partial charge in [-0.2, -0.15) is 0 Å². The van der Waals surface area contributed by atoms with Crippen molar-refractivity contribution >= 4 is 28.9 Å². The Morgan fingerprint density at radius 3 is 2.34 bits per heavy atom. The first-order chi connectivity index (χ1) is 17.7. The summed E-state index contributed by atoms with van der Waals surface area (Å²) < 4.78 is 61.6. The van der Waals surface area contributed by atoms with Crippen molar-refractivity contribution in [2.75, 3.05) is 31.1 Å². The summed E-state index contributed by atoms with van der Waals surface area (Å²) in [6.07, 6.45) is 0.315. The maximum Gasteiger partial charge on any atom is 0.415 e. The van der Waals surface area contributed by atoms with Gasteiger partial charge < -0.3 is 33.2 Å². The predicted octanol–water partition coefficient (Wildman–Crippen LogP) is 2.94. The lowest BCUT2D eigenvalue weighted by Crippen LogP contribution is -3.00. The highest BCUT2D eigenvalue weighted by molar-refractivity contribution is 7.12. The van der Waals surface area contributed by atoms with Crippen molar-refractivity contribution in [2.24, 2.45) is 5.92 Å². The lowest BCUT2D eigenvalue weighted by molar-refractivity contribution is -0.938. The van der Waals surface area contributed by atoms with Gasteiger partial charge in [0, 0.05) is 18.8 Å². The molecule has 11 heteroatoms. The molecule has 4 heterocycles. The number of carbonyl (C=O) groups excluding carboxylic acids is 2. The smallest absolute Gasteiger partial charge is 0.415 e. The molecular formula is C27H25F4IN2O3S. The van der Waals surface area contributed by atoms with E-state index >= 15 is 0 Å². The van der Waals surface area contributed by atoms with Gasteiger partial charge in [0.1, 0.15) is 18.9 Å². The van der Waals surface area contributed by atoms with Gasteiger partial charge in [-0.05, 0) is 47.3 Å². The van der Waals surface area contributed by atoms with Gasteiger partial charge in [-0.3, -0.25) is 9.69 Å². The summed E-state index contributed by atoms with van der Waals surface area (Å²) in [4.78, 5) is 28.0. The molecule has 1 amide bonds. The standard InChI is InChI=1S/C27H25F4N2O3S.HI/c28-19-3-1-4-20(13-19)32(14-17-11-21(29)26(31)22(30)12-17)27(35)36-24-16-33(8-6-18(24)7-9-33)15-23(34)25-5-2-10-37-25;/h1-5,10-13,18,24H,6-9,14-16H2;1H/q+1;/p-1. The molecule has 3 aliphatic rings. The number of Topliss-reactive ketones (excluding diaryl/α,β-unsaturated/α-hetero) is 1. The second kappa shape index (κ2) is 11.7. The molecule has 0 aliphatic carbocycles.